The monoisotopic (exact) mass is 683 g/mol. The van der Waals surface area contributed by atoms with Crippen LogP contribution in [0.1, 0.15) is 63.7 Å². The summed E-state index contributed by atoms with van der Waals surface area (Å²) in [7, 11) is 3.84. The number of para-hydroxylation sites is 1. The average Bonchev–Trinajstić information content (AvgIpc) is 3.67. The number of nitrogens with one attached hydrogen (secondary N) is 1. The number of nitrogens with zero attached hydrogens (tertiary/aromatic N) is 6. The van der Waals surface area contributed by atoms with Crippen LogP contribution in [0.15, 0.2) is 42.5 Å². The maximum absolute atomic E-state index is 14.6. The molecule has 0 unspecified atom stereocenters. The van der Waals surface area contributed by atoms with Crippen LogP contribution >= 0.6 is 22.7 Å². The zero-order chi connectivity index (χ0) is 33.2. The van der Waals surface area contributed by atoms with E-state index >= 15 is 0 Å². The highest BCUT2D eigenvalue weighted by Crippen LogP contribution is 2.49. The summed E-state index contributed by atoms with van der Waals surface area (Å²) in [5.41, 5.74) is 3.87. The maximum atomic E-state index is 14.6. The smallest absolute Gasteiger partial charge is 0.355 e. The van der Waals surface area contributed by atoms with E-state index in [9.17, 15) is 14.3 Å². The highest BCUT2D eigenvalue weighted by Gasteiger charge is 2.35. The predicted molar refractivity (Wildman–Crippen MR) is 187 cm³/mol. The largest absolute Gasteiger partial charge is 0.491 e. The number of thiazole rings is 2. The third kappa shape index (κ3) is 6.96. The number of hydrogen-bond donors (Lipinski definition) is 2. The summed E-state index contributed by atoms with van der Waals surface area (Å²) >= 11 is 2.94. The van der Waals surface area contributed by atoms with E-state index in [2.05, 4.69) is 38.4 Å². The number of aromatic carboxylic acids is 1. The number of fused-ring (bicyclic) bond motifs is 2. The molecule has 0 radical (unpaired) electrons. The van der Waals surface area contributed by atoms with Gasteiger partial charge in [0, 0.05) is 28.1 Å². The Bertz CT molecular complexity index is 2010. The van der Waals surface area contributed by atoms with Gasteiger partial charge in [0.2, 0.25) is 0 Å². The molecular formula is C35H34FN7O3S2. The van der Waals surface area contributed by atoms with Crippen molar-refractivity contribution >= 4 is 60.8 Å². The molecule has 10 nitrogen and oxygen atoms in total. The number of aryl methyl sites for hydroxylation is 1. The zero-order valence-corrected chi connectivity index (χ0v) is 28.3. The van der Waals surface area contributed by atoms with Gasteiger partial charge in [-0.2, -0.15) is 0 Å². The molecule has 13 heteroatoms. The first-order valence-corrected chi connectivity index (χ1v) is 17.6. The van der Waals surface area contributed by atoms with Crippen molar-refractivity contribution in [2.24, 2.45) is 0 Å². The number of halogens is 1. The van der Waals surface area contributed by atoms with Crippen LogP contribution in [0.2, 0.25) is 0 Å². The molecule has 1 aliphatic carbocycles. The van der Waals surface area contributed by atoms with E-state index in [1.165, 1.54) is 23.0 Å². The quantitative estimate of drug-likeness (QED) is 0.111. The van der Waals surface area contributed by atoms with Crippen molar-refractivity contribution < 1.29 is 19.0 Å². The second kappa shape index (κ2) is 13.8. The predicted octanol–water partition coefficient (Wildman–Crippen LogP) is 7.01. The van der Waals surface area contributed by atoms with Gasteiger partial charge >= 0.3 is 5.97 Å². The molecular weight excluding hydrogens is 650 g/mol. The van der Waals surface area contributed by atoms with Crippen molar-refractivity contribution in [3.8, 4) is 17.6 Å². The van der Waals surface area contributed by atoms with Gasteiger partial charge in [0.15, 0.2) is 39.2 Å². The van der Waals surface area contributed by atoms with Crippen molar-refractivity contribution in [2.75, 3.05) is 44.0 Å². The van der Waals surface area contributed by atoms with E-state index in [1.54, 1.807) is 23.5 Å². The second-order valence-electron chi connectivity index (χ2n) is 12.1. The van der Waals surface area contributed by atoms with E-state index in [4.69, 9.17) is 9.72 Å². The van der Waals surface area contributed by atoms with Crippen LogP contribution in [0.5, 0.6) is 5.75 Å². The lowest BCUT2D eigenvalue weighted by Crippen LogP contribution is -2.27. The minimum absolute atomic E-state index is 0.0263. The number of carbonyl (C=O) groups is 1. The van der Waals surface area contributed by atoms with E-state index in [-0.39, 0.29) is 18.1 Å². The van der Waals surface area contributed by atoms with Crippen molar-refractivity contribution in [3.05, 3.63) is 75.5 Å². The Balaban J connectivity index is 1.06. The first kappa shape index (κ1) is 31.9. The van der Waals surface area contributed by atoms with Crippen LogP contribution in [0.4, 0.5) is 26.3 Å². The Kier molecular flexibility index (Phi) is 9.21. The van der Waals surface area contributed by atoms with Crippen LogP contribution in [0, 0.1) is 17.7 Å². The topological polar surface area (TPSA) is 117 Å². The molecule has 0 bridgehead atoms. The summed E-state index contributed by atoms with van der Waals surface area (Å²) < 4.78 is 21.4. The molecule has 7 rings (SSSR count). The zero-order valence-electron chi connectivity index (χ0n) is 26.6. The summed E-state index contributed by atoms with van der Waals surface area (Å²) in [6, 6.07) is 12.7. The van der Waals surface area contributed by atoms with Crippen LogP contribution in [-0.4, -0.2) is 69.9 Å². The number of carboxylic acids is 1. The first-order chi connectivity index (χ1) is 23.3. The number of anilines is 4. The van der Waals surface area contributed by atoms with Gasteiger partial charge in [-0.15, -0.1) is 21.5 Å². The molecule has 1 fully saturated rings. The molecule has 1 aliphatic heterocycles. The van der Waals surface area contributed by atoms with Gasteiger partial charge in [-0.3, -0.25) is 4.90 Å². The van der Waals surface area contributed by atoms with Crippen LogP contribution in [0.3, 0.4) is 0 Å². The Morgan fingerprint density at radius 2 is 2.02 bits per heavy atom. The van der Waals surface area contributed by atoms with Crippen LogP contribution < -0.4 is 15.0 Å². The van der Waals surface area contributed by atoms with Crippen LogP contribution in [-0.2, 0) is 12.8 Å². The minimum atomic E-state index is -1.08. The summed E-state index contributed by atoms with van der Waals surface area (Å²) in [5, 5.41) is 24.2. The van der Waals surface area contributed by atoms with Gasteiger partial charge in [0.1, 0.15) is 0 Å². The van der Waals surface area contributed by atoms with Gasteiger partial charge in [-0.1, -0.05) is 35.3 Å². The standard InChI is InChI=1S/C35H34FN7O3S2/c1-42(2)17-5-8-21-13-16-26(24(36)20-21)46-19-7-12-28-30(33(44)45)38-35(48-28)43-18-6-9-23-29(22-14-15-22)31(40-41-32(23)43)39-34-37-25-10-3-4-11-27(25)47-34/h3-4,10-11,13,16,20,22H,6-7,9,12,14-15,17-19H2,1-2H3,(H,44,45)(H,37,39,40). The fourth-order valence-electron chi connectivity index (χ4n) is 5.78. The van der Waals surface area contributed by atoms with Gasteiger partial charge in [0.05, 0.1) is 23.4 Å². The molecule has 2 N–H and O–H groups in total. The van der Waals surface area contributed by atoms with Crippen LogP contribution in [0.25, 0.3) is 10.2 Å². The van der Waals surface area contributed by atoms with Crippen molar-refractivity contribution in [1.29, 1.82) is 0 Å². The first-order valence-electron chi connectivity index (χ1n) is 15.9. The van der Waals surface area contributed by atoms with E-state index in [1.807, 2.05) is 42.1 Å². The fourth-order valence-corrected chi connectivity index (χ4v) is 7.76. The van der Waals surface area contributed by atoms with Crippen molar-refractivity contribution in [2.45, 2.75) is 44.4 Å². The summed E-state index contributed by atoms with van der Waals surface area (Å²) in [6.07, 6.45) is 4.86. The lowest BCUT2D eigenvalue weighted by atomic mass is 9.97. The second-order valence-corrected chi connectivity index (χ2v) is 14.2. The Morgan fingerprint density at radius 3 is 2.79 bits per heavy atom. The number of hydrogen-bond acceptors (Lipinski definition) is 11. The molecule has 0 amide bonds. The molecule has 2 aromatic carbocycles. The van der Waals surface area contributed by atoms with Gasteiger partial charge < -0.3 is 20.1 Å². The fraction of sp³-hybridized carbons (Fsp3) is 0.343. The average molecular weight is 684 g/mol. The number of carboxylic acid groups (broad SMARTS) is 1. The van der Waals surface area contributed by atoms with Crippen molar-refractivity contribution in [1.82, 2.24) is 25.1 Å². The molecule has 0 atom stereocenters. The molecule has 2 aliphatic rings. The molecule has 0 spiro atoms. The molecule has 4 heterocycles. The summed E-state index contributed by atoms with van der Waals surface area (Å²) in [6.45, 7) is 1.48. The lowest BCUT2D eigenvalue weighted by Gasteiger charge is -2.29. The summed E-state index contributed by atoms with van der Waals surface area (Å²) in [4.78, 5) is 26.1. The molecule has 1 saturated carbocycles. The lowest BCUT2D eigenvalue weighted by molar-refractivity contribution is 0.0690. The number of aromatic nitrogens is 4. The Labute approximate surface area is 285 Å². The highest BCUT2D eigenvalue weighted by atomic mass is 32.1. The molecule has 3 aromatic heterocycles. The number of ether oxygens (including phenoxy) is 1. The normalized spacial score (nSPS) is 14.1. The maximum Gasteiger partial charge on any atom is 0.355 e. The highest BCUT2D eigenvalue weighted by molar-refractivity contribution is 7.22. The summed E-state index contributed by atoms with van der Waals surface area (Å²) in [5.74, 6) is 6.41. The third-order valence-corrected chi connectivity index (χ3v) is 10.2. The number of benzene rings is 2. The molecule has 5 aromatic rings. The SMILES string of the molecule is CN(C)CC#Cc1ccc(OCCCc2sc(N3CCCc4c3nnc(Nc3nc5ccccc5s3)c4C3CC3)nc2C(=O)O)c(F)c1. The van der Waals surface area contributed by atoms with E-state index in [0.29, 0.717) is 47.4 Å². The molecule has 48 heavy (non-hydrogen) atoms. The molecule has 0 saturated heterocycles. The molecule has 246 valence electrons. The van der Waals surface area contributed by atoms with E-state index in [0.717, 1.165) is 58.2 Å². The van der Waals surface area contributed by atoms with Gasteiger partial charge in [-0.05, 0) is 88.9 Å². The van der Waals surface area contributed by atoms with E-state index < -0.39 is 11.8 Å². The number of rotatable bonds is 11. The minimum Gasteiger partial charge on any atom is -0.491 e. The Morgan fingerprint density at radius 1 is 1.17 bits per heavy atom. The van der Waals surface area contributed by atoms with Crippen molar-refractivity contribution in [3.63, 3.8) is 0 Å². The Hall–Kier alpha value is -4.64. The van der Waals surface area contributed by atoms with Gasteiger partial charge in [-0.25, -0.2) is 19.2 Å². The van der Waals surface area contributed by atoms with Gasteiger partial charge in [0.25, 0.3) is 0 Å². The third-order valence-electron chi connectivity index (χ3n) is 8.15.